The van der Waals surface area contributed by atoms with Gasteiger partial charge in [-0.15, -0.1) is 0 Å². The van der Waals surface area contributed by atoms with Gasteiger partial charge in [0.1, 0.15) is 0 Å². The molecule has 118 valence electrons. The molecule has 2 aromatic heterocycles. The Morgan fingerprint density at radius 2 is 2.09 bits per heavy atom. The fourth-order valence-corrected chi connectivity index (χ4v) is 3.56. The zero-order chi connectivity index (χ0) is 14.9. The van der Waals surface area contributed by atoms with E-state index in [4.69, 9.17) is 10.1 Å². The number of fused-ring (bicyclic) bond motifs is 1. The lowest BCUT2D eigenvalue weighted by Crippen LogP contribution is -2.43. The molecule has 4 rings (SSSR count). The molecule has 0 bridgehead atoms. The van der Waals surface area contributed by atoms with Crippen LogP contribution in [0.4, 0.5) is 5.69 Å². The molecule has 0 aliphatic carbocycles. The van der Waals surface area contributed by atoms with E-state index in [9.17, 15) is 0 Å². The third kappa shape index (κ3) is 2.68. The Balaban J connectivity index is 1.60. The van der Waals surface area contributed by atoms with Crippen LogP contribution in [0.25, 0.3) is 5.65 Å². The first-order valence-electron chi connectivity index (χ1n) is 8.30. The first-order valence-corrected chi connectivity index (χ1v) is 8.30. The van der Waals surface area contributed by atoms with Crippen molar-refractivity contribution in [2.24, 2.45) is 0 Å². The maximum Gasteiger partial charge on any atom is 0.157 e. The highest BCUT2D eigenvalue weighted by Crippen LogP contribution is 2.25. The summed E-state index contributed by atoms with van der Waals surface area (Å²) in [6.07, 6.45) is 4.49. The second-order valence-electron chi connectivity index (χ2n) is 6.50. The summed E-state index contributed by atoms with van der Waals surface area (Å²) in [7, 11) is 2.18. The predicted octanol–water partition coefficient (Wildman–Crippen LogP) is 0.948. The third-order valence-corrected chi connectivity index (χ3v) is 4.81. The Bertz CT molecular complexity index is 645. The summed E-state index contributed by atoms with van der Waals surface area (Å²) in [5, 5.41) is 8.10. The highest BCUT2D eigenvalue weighted by Gasteiger charge is 2.23. The van der Waals surface area contributed by atoms with Gasteiger partial charge in [-0.05, 0) is 32.5 Å². The van der Waals surface area contributed by atoms with Crippen LogP contribution in [0.15, 0.2) is 18.3 Å². The summed E-state index contributed by atoms with van der Waals surface area (Å²) in [6, 6.07) is 4.33. The second kappa shape index (κ2) is 5.85. The van der Waals surface area contributed by atoms with Crippen LogP contribution < -0.4 is 10.2 Å². The smallest absolute Gasteiger partial charge is 0.157 e. The number of nitrogens with one attached hydrogen (secondary N) is 1. The molecule has 1 atom stereocenters. The SMILES string of the molecule is CN1CCCC(c2nc3cc(N4CCNCC4)ccn3n2)C1. The van der Waals surface area contributed by atoms with E-state index in [1.807, 2.05) is 4.52 Å². The minimum atomic E-state index is 0.473. The normalized spacial score (nSPS) is 24.0. The van der Waals surface area contributed by atoms with Gasteiger partial charge in [0, 0.05) is 56.6 Å². The molecule has 6 heteroatoms. The zero-order valence-corrected chi connectivity index (χ0v) is 13.2. The molecule has 0 spiro atoms. The molecule has 2 saturated heterocycles. The Hall–Kier alpha value is -1.66. The quantitative estimate of drug-likeness (QED) is 0.895. The van der Waals surface area contributed by atoms with Gasteiger partial charge >= 0.3 is 0 Å². The van der Waals surface area contributed by atoms with Crippen LogP contribution >= 0.6 is 0 Å². The number of nitrogens with zero attached hydrogens (tertiary/aromatic N) is 5. The summed E-state index contributed by atoms with van der Waals surface area (Å²) in [6.45, 7) is 6.49. The van der Waals surface area contributed by atoms with Crippen molar-refractivity contribution in [3.8, 4) is 0 Å². The maximum absolute atomic E-state index is 4.81. The molecule has 2 aliphatic heterocycles. The van der Waals surface area contributed by atoms with Crippen LogP contribution in [-0.4, -0.2) is 65.8 Å². The monoisotopic (exact) mass is 300 g/mol. The van der Waals surface area contributed by atoms with Crippen LogP contribution in [-0.2, 0) is 0 Å². The van der Waals surface area contributed by atoms with E-state index in [0.29, 0.717) is 5.92 Å². The fourth-order valence-electron chi connectivity index (χ4n) is 3.56. The topological polar surface area (TPSA) is 48.7 Å². The summed E-state index contributed by atoms with van der Waals surface area (Å²) in [5.74, 6) is 1.48. The zero-order valence-electron chi connectivity index (χ0n) is 13.2. The van der Waals surface area contributed by atoms with E-state index < -0.39 is 0 Å². The van der Waals surface area contributed by atoms with Crippen LogP contribution in [0.2, 0.25) is 0 Å². The average Bonchev–Trinajstić information content (AvgIpc) is 2.99. The standard InChI is InChI=1S/C16H24N6/c1-20-7-2-3-13(12-20)16-18-15-11-14(4-8-22(15)19-16)21-9-5-17-6-10-21/h4,8,11,13,17H,2-3,5-7,9-10,12H2,1H3. The molecule has 4 heterocycles. The van der Waals surface area contributed by atoms with Crippen LogP contribution in [0.1, 0.15) is 24.6 Å². The van der Waals surface area contributed by atoms with Gasteiger partial charge in [-0.25, -0.2) is 9.50 Å². The largest absolute Gasteiger partial charge is 0.369 e. The number of anilines is 1. The van der Waals surface area contributed by atoms with Gasteiger partial charge in [-0.3, -0.25) is 0 Å². The molecule has 0 radical (unpaired) electrons. The molecule has 0 amide bonds. The molecule has 22 heavy (non-hydrogen) atoms. The molecule has 2 aliphatic rings. The van der Waals surface area contributed by atoms with Gasteiger partial charge in [0.25, 0.3) is 0 Å². The second-order valence-corrected chi connectivity index (χ2v) is 6.50. The van der Waals surface area contributed by atoms with E-state index >= 15 is 0 Å². The highest BCUT2D eigenvalue weighted by molar-refractivity contribution is 5.56. The minimum absolute atomic E-state index is 0.473. The molecule has 0 saturated carbocycles. The Morgan fingerprint density at radius 3 is 2.91 bits per heavy atom. The Labute approximate surface area is 131 Å². The molecule has 1 N–H and O–H groups in total. The predicted molar refractivity (Wildman–Crippen MR) is 87.5 cm³/mol. The average molecular weight is 300 g/mol. The summed E-state index contributed by atoms with van der Waals surface area (Å²) >= 11 is 0. The van der Waals surface area contributed by atoms with E-state index in [1.165, 1.54) is 25.1 Å². The van der Waals surface area contributed by atoms with Crippen molar-refractivity contribution in [1.29, 1.82) is 0 Å². The number of likely N-dealkylation sites (N-methyl/N-ethyl adjacent to an activating group) is 1. The summed E-state index contributed by atoms with van der Waals surface area (Å²) < 4.78 is 1.93. The first kappa shape index (κ1) is 14.0. The van der Waals surface area contributed by atoms with Gasteiger partial charge < -0.3 is 15.1 Å². The number of piperidine rings is 1. The summed E-state index contributed by atoms with van der Waals surface area (Å²) in [4.78, 5) is 9.61. The Morgan fingerprint density at radius 1 is 1.23 bits per heavy atom. The maximum atomic E-state index is 4.81. The van der Waals surface area contributed by atoms with Gasteiger partial charge in [-0.1, -0.05) is 0 Å². The van der Waals surface area contributed by atoms with Crippen molar-refractivity contribution in [3.05, 3.63) is 24.2 Å². The molecular weight excluding hydrogens is 276 g/mol. The Kier molecular flexibility index (Phi) is 3.72. The minimum Gasteiger partial charge on any atom is -0.369 e. The van der Waals surface area contributed by atoms with Crippen molar-refractivity contribution in [2.75, 3.05) is 51.2 Å². The highest BCUT2D eigenvalue weighted by atomic mass is 15.3. The number of aromatic nitrogens is 3. The van der Waals surface area contributed by atoms with Crippen LogP contribution in [0.3, 0.4) is 0 Å². The van der Waals surface area contributed by atoms with Crippen molar-refractivity contribution < 1.29 is 0 Å². The molecule has 6 nitrogen and oxygen atoms in total. The molecule has 2 fully saturated rings. The van der Waals surface area contributed by atoms with Gasteiger partial charge in [0.2, 0.25) is 0 Å². The van der Waals surface area contributed by atoms with E-state index in [2.05, 4.69) is 40.5 Å². The van der Waals surface area contributed by atoms with Crippen LogP contribution in [0, 0.1) is 0 Å². The molecular formula is C16H24N6. The lowest BCUT2D eigenvalue weighted by atomic mass is 9.98. The van der Waals surface area contributed by atoms with Crippen molar-refractivity contribution >= 4 is 11.3 Å². The molecule has 1 unspecified atom stereocenters. The van der Waals surface area contributed by atoms with Crippen LogP contribution in [0.5, 0.6) is 0 Å². The van der Waals surface area contributed by atoms with E-state index in [-0.39, 0.29) is 0 Å². The molecule has 2 aromatic rings. The number of likely N-dealkylation sites (tertiary alicyclic amines) is 1. The van der Waals surface area contributed by atoms with Crippen molar-refractivity contribution in [1.82, 2.24) is 24.8 Å². The number of hydrogen-bond donors (Lipinski definition) is 1. The van der Waals surface area contributed by atoms with Gasteiger partial charge in [-0.2, -0.15) is 5.10 Å². The number of pyridine rings is 1. The van der Waals surface area contributed by atoms with Gasteiger partial charge in [0.15, 0.2) is 11.5 Å². The van der Waals surface area contributed by atoms with E-state index in [0.717, 1.165) is 44.2 Å². The number of piperazine rings is 1. The van der Waals surface area contributed by atoms with Crippen molar-refractivity contribution in [3.63, 3.8) is 0 Å². The number of hydrogen-bond acceptors (Lipinski definition) is 5. The van der Waals surface area contributed by atoms with E-state index in [1.54, 1.807) is 0 Å². The number of rotatable bonds is 2. The lowest BCUT2D eigenvalue weighted by Gasteiger charge is -2.29. The van der Waals surface area contributed by atoms with Gasteiger partial charge in [0.05, 0.1) is 0 Å². The van der Waals surface area contributed by atoms with Crippen molar-refractivity contribution in [2.45, 2.75) is 18.8 Å². The fraction of sp³-hybridized carbons (Fsp3) is 0.625. The first-order chi connectivity index (χ1) is 10.8. The lowest BCUT2D eigenvalue weighted by molar-refractivity contribution is 0.246. The third-order valence-electron chi connectivity index (χ3n) is 4.81. The molecule has 0 aromatic carbocycles. The summed E-state index contributed by atoms with van der Waals surface area (Å²) in [5.41, 5.74) is 2.23.